The number of likely N-dealkylation sites (N-methyl/N-ethyl adjacent to an activating group) is 6. The van der Waals surface area contributed by atoms with Gasteiger partial charge in [0.05, 0.1) is 18.5 Å². The van der Waals surface area contributed by atoms with Crippen LogP contribution in [0.5, 0.6) is 0 Å². The lowest BCUT2D eigenvalue weighted by Gasteiger charge is -2.45. The van der Waals surface area contributed by atoms with Crippen molar-refractivity contribution < 1.29 is 70.7 Å². The Morgan fingerprint density at radius 3 is 1.84 bits per heavy atom. The number of fused-ring (bicyclic) bond motifs is 1. The van der Waals surface area contributed by atoms with E-state index in [2.05, 4.69) is 49.8 Å². The van der Waals surface area contributed by atoms with Crippen LogP contribution in [0, 0.1) is 33.7 Å². The molecule has 24 nitrogen and oxygen atoms in total. The number of hydrogen-bond donors (Lipinski definition) is 4. The molecular formula is C70H100F3IN12O12. The first-order chi connectivity index (χ1) is 45.8. The van der Waals surface area contributed by atoms with Gasteiger partial charge in [0.2, 0.25) is 70.9 Å². The lowest BCUT2D eigenvalue weighted by atomic mass is 9.94. The number of nitrogens with one attached hydrogen (secondary N) is 4. The van der Waals surface area contributed by atoms with Crippen molar-refractivity contribution in [3.8, 4) is 12.3 Å². The van der Waals surface area contributed by atoms with Gasteiger partial charge in [-0.2, -0.15) is 13.2 Å². The van der Waals surface area contributed by atoms with E-state index in [9.17, 15) is 65.9 Å². The lowest BCUT2D eigenvalue weighted by Crippen LogP contribution is -2.65. The SMILES string of the molecule is C#CC[C@@H]1NC(=O)[C@H](Cc2cccc(I)c2)NC(=O)CN(C)C(=O)[C@H](Cc2ccc(C(F)(F)F)cc2)N(C)C(=O)[C@@H]2CCN2C(=O)[C@H](C)N(C)C(=O)[C@H]([C@@H](C)CC)NC(=O)[C@H](CC(C)C)N(C)C(=O)C[C@@H](C(=O)N2CCCCC2)N(C)C(=O)[C@H](CC(C)C)NC(=O)C(C)(C)N(C)C1=O. The molecule has 3 aliphatic rings. The highest BCUT2D eigenvalue weighted by Crippen LogP contribution is 2.31. The Balaban J connectivity index is 1.64. The molecule has 0 bridgehead atoms. The lowest BCUT2D eigenvalue weighted by molar-refractivity contribution is -0.160. The predicted molar refractivity (Wildman–Crippen MR) is 369 cm³/mol. The summed E-state index contributed by atoms with van der Waals surface area (Å²) in [5.41, 5.74) is -2.02. The fourth-order valence-corrected chi connectivity index (χ4v) is 12.8. The number of terminal acetylenes is 1. The minimum Gasteiger partial charge on any atom is -0.342 e. The van der Waals surface area contributed by atoms with E-state index >= 15 is 4.79 Å². The Bertz CT molecular complexity index is 3280. The molecular weight excluding hydrogens is 1380 g/mol. The number of amides is 12. The average Bonchev–Trinajstić information content (AvgIpc) is 0.783. The van der Waals surface area contributed by atoms with E-state index in [1.165, 1.54) is 72.9 Å². The molecule has 5 rings (SSSR count). The number of rotatable bonds is 12. The van der Waals surface area contributed by atoms with Gasteiger partial charge in [0, 0.05) is 84.8 Å². The Hall–Kier alpha value is -7.84. The van der Waals surface area contributed by atoms with Crippen molar-refractivity contribution in [1.82, 2.24) is 60.5 Å². The van der Waals surface area contributed by atoms with Gasteiger partial charge in [-0.25, -0.2) is 0 Å². The smallest absolute Gasteiger partial charge is 0.342 e. The summed E-state index contributed by atoms with van der Waals surface area (Å²) in [7, 11) is 7.97. The third-order valence-electron chi connectivity index (χ3n) is 19.2. The van der Waals surface area contributed by atoms with E-state index in [1.54, 1.807) is 43.0 Å². The molecule has 0 radical (unpaired) electrons. The van der Waals surface area contributed by atoms with E-state index in [4.69, 9.17) is 6.42 Å². The summed E-state index contributed by atoms with van der Waals surface area (Å²) in [5, 5.41) is 11.0. The zero-order chi connectivity index (χ0) is 73.6. The fraction of sp³-hybridized carbons (Fsp3) is 0.629. The van der Waals surface area contributed by atoms with Crippen LogP contribution in [0.4, 0.5) is 13.2 Å². The summed E-state index contributed by atoms with van der Waals surface area (Å²) >= 11 is 2.07. The van der Waals surface area contributed by atoms with Crippen molar-refractivity contribution in [2.24, 2.45) is 17.8 Å². The first kappa shape index (κ1) is 80.8. The molecule has 2 aromatic carbocycles. The zero-order valence-electron chi connectivity index (χ0n) is 59.2. The summed E-state index contributed by atoms with van der Waals surface area (Å²) in [4.78, 5) is 187. The third kappa shape index (κ3) is 20.6. The largest absolute Gasteiger partial charge is 0.416 e. The van der Waals surface area contributed by atoms with Crippen LogP contribution in [-0.4, -0.2) is 238 Å². The van der Waals surface area contributed by atoms with Gasteiger partial charge < -0.3 is 60.5 Å². The maximum Gasteiger partial charge on any atom is 0.416 e. The van der Waals surface area contributed by atoms with Crippen LogP contribution in [-0.2, 0) is 76.6 Å². The van der Waals surface area contributed by atoms with Gasteiger partial charge in [-0.15, -0.1) is 12.3 Å². The van der Waals surface area contributed by atoms with Gasteiger partial charge in [0.15, 0.2) is 0 Å². The van der Waals surface area contributed by atoms with Crippen LogP contribution >= 0.6 is 22.6 Å². The minimum atomic E-state index is -4.70. The van der Waals surface area contributed by atoms with Gasteiger partial charge in [0.25, 0.3) is 0 Å². The van der Waals surface area contributed by atoms with E-state index in [-0.39, 0.29) is 56.0 Å². The Kier molecular flexibility index (Phi) is 29.1. The molecule has 3 fully saturated rings. The summed E-state index contributed by atoms with van der Waals surface area (Å²) in [6, 6.07) is -1.32. The predicted octanol–water partition coefficient (Wildman–Crippen LogP) is 4.24. The van der Waals surface area contributed by atoms with Crippen LogP contribution in [0.1, 0.15) is 137 Å². The highest BCUT2D eigenvalue weighted by molar-refractivity contribution is 14.1. The van der Waals surface area contributed by atoms with Gasteiger partial charge in [0.1, 0.15) is 59.9 Å². The molecule has 0 aliphatic carbocycles. The van der Waals surface area contributed by atoms with Gasteiger partial charge in [-0.1, -0.05) is 72.2 Å². The normalized spacial score (nSPS) is 25.5. The molecule has 3 heterocycles. The molecule has 4 N–H and O–H groups in total. The second-order valence-corrected chi connectivity index (χ2v) is 28.9. The zero-order valence-corrected chi connectivity index (χ0v) is 61.4. The first-order valence-electron chi connectivity index (χ1n) is 33.5. The van der Waals surface area contributed by atoms with Crippen LogP contribution in [0.15, 0.2) is 48.5 Å². The van der Waals surface area contributed by atoms with Crippen molar-refractivity contribution in [3.05, 3.63) is 68.8 Å². The number of piperidine rings is 1. The Morgan fingerprint density at radius 2 is 1.29 bits per heavy atom. The highest BCUT2D eigenvalue weighted by atomic mass is 127. The first-order valence-corrected chi connectivity index (χ1v) is 34.6. The van der Waals surface area contributed by atoms with Crippen molar-refractivity contribution in [2.75, 3.05) is 68.5 Å². The molecule has 0 saturated carbocycles. The standard InChI is InChI=1S/C70H100F3IN12O12/c1-17-23-49-63(93)84(16)69(9,10)68(98)77-51(34-41(3)4)62(92)82(14)55(66(96)85-31-20-19-21-32-85)39-57(88)81(13)53(35-42(5)6)60(90)78-58(43(7)18-2)67(97)80(12)44(8)61(91)86-33-30-52(86)65(95)83(15)54(38-45-26-28-47(29-27-45)70(71,72)73)64(94)79(11)40-56(87)75-50(59(89)76-49)37-46-24-22-25-48(74)36-46/h1,22,24-29,36,41-44,49-55,58H,18-21,23,30-35,37-40H2,2-16H3,(H,75,87)(H,76,89)(H,77,98)(H,78,90)/t43-,44-,49-,50-,51-,52-,53-,54-,55-,58-/m0/s1. The Labute approximate surface area is 588 Å². The molecule has 0 unspecified atom stereocenters. The van der Waals surface area contributed by atoms with Crippen molar-refractivity contribution in [2.45, 2.75) is 199 Å². The molecule has 3 aliphatic heterocycles. The molecule has 0 spiro atoms. The van der Waals surface area contributed by atoms with E-state index in [0.717, 1.165) is 58.8 Å². The molecule has 2 aromatic rings. The molecule has 540 valence electrons. The number of likely N-dealkylation sites (tertiary alicyclic amines) is 1. The van der Waals surface area contributed by atoms with Gasteiger partial charge >= 0.3 is 6.18 Å². The highest BCUT2D eigenvalue weighted by Gasteiger charge is 2.47. The van der Waals surface area contributed by atoms with E-state index in [0.29, 0.717) is 37.9 Å². The van der Waals surface area contributed by atoms with E-state index in [1.807, 2.05) is 27.7 Å². The van der Waals surface area contributed by atoms with Crippen molar-refractivity contribution in [3.63, 3.8) is 0 Å². The van der Waals surface area contributed by atoms with Crippen LogP contribution < -0.4 is 21.3 Å². The maximum absolute atomic E-state index is 15.1. The molecule has 10 atom stereocenters. The number of alkyl halides is 3. The number of nitrogens with zero attached hydrogens (tertiary/aromatic N) is 8. The molecule has 0 aromatic heterocycles. The quantitative estimate of drug-likeness (QED) is 0.172. The number of carbonyl (C=O) groups excluding carboxylic acids is 12. The second-order valence-electron chi connectivity index (χ2n) is 27.6. The third-order valence-corrected chi connectivity index (χ3v) is 19.8. The number of carbonyl (C=O) groups is 12. The fourth-order valence-electron chi connectivity index (χ4n) is 12.1. The van der Waals surface area contributed by atoms with Crippen LogP contribution in [0.2, 0.25) is 0 Å². The van der Waals surface area contributed by atoms with Gasteiger partial charge in [-0.05, 0) is 135 Å². The maximum atomic E-state index is 15.1. The second kappa shape index (κ2) is 35.3. The summed E-state index contributed by atoms with van der Waals surface area (Å²) in [6.07, 6.45) is 2.33. The number of benzene rings is 2. The minimum absolute atomic E-state index is 0.0298. The summed E-state index contributed by atoms with van der Waals surface area (Å²) in [6.45, 7) is 15.1. The van der Waals surface area contributed by atoms with Crippen LogP contribution in [0.3, 0.4) is 0 Å². The monoisotopic (exact) mass is 1480 g/mol. The summed E-state index contributed by atoms with van der Waals surface area (Å²) < 4.78 is 42.1. The van der Waals surface area contributed by atoms with Crippen molar-refractivity contribution in [1.29, 1.82) is 0 Å². The molecule has 28 heteroatoms. The number of hydrogen-bond acceptors (Lipinski definition) is 12. The summed E-state index contributed by atoms with van der Waals surface area (Å²) in [5.74, 6) is -7.73. The molecule has 12 amide bonds. The van der Waals surface area contributed by atoms with Crippen LogP contribution in [0.25, 0.3) is 0 Å². The van der Waals surface area contributed by atoms with Crippen molar-refractivity contribution >= 4 is 93.5 Å². The van der Waals surface area contributed by atoms with Gasteiger partial charge in [-0.3, -0.25) is 57.5 Å². The average molecular weight is 1490 g/mol. The number of halogens is 4. The Morgan fingerprint density at radius 1 is 0.663 bits per heavy atom. The topological polar surface area (TPSA) is 279 Å². The van der Waals surface area contributed by atoms with E-state index < -0.39 is 168 Å². The molecule has 3 saturated heterocycles. The molecule has 98 heavy (non-hydrogen) atoms.